The highest BCUT2D eigenvalue weighted by molar-refractivity contribution is 5.74. The molecule has 5 N–H and O–H groups in total. The number of H-pyrrole nitrogens is 1. The van der Waals surface area contributed by atoms with Crippen LogP contribution < -0.4 is 22.3 Å². The van der Waals surface area contributed by atoms with Crippen LogP contribution in [0.2, 0.25) is 0 Å². The highest BCUT2D eigenvalue weighted by atomic mass is 16.4. The summed E-state index contributed by atoms with van der Waals surface area (Å²) in [7, 11) is 1.26. The van der Waals surface area contributed by atoms with Crippen molar-refractivity contribution >= 4 is 17.5 Å². The largest absolute Gasteiger partial charge is 0.480 e. The van der Waals surface area contributed by atoms with Crippen molar-refractivity contribution in [2.45, 2.75) is 0 Å². The van der Waals surface area contributed by atoms with Crippen molar-refractivity contribution in [3.63, 3.8) is 0 Å². The molecule has 82 valence electrons. The van der Waals surface area contributed by atoms with Gasteiger partial charge >= 0.3 is 11.7 Å². The van der Waals surface area contributed by atoms with Crippen LogP contribution in [0.3, 0.4) is 0 Å². The van der Waals surface area contributed by atoms with E-state index in [9.17, 15) is 14.4 Å². The molecule has 1 aromatic heterocycles. The second-order valence-corrected chi connectivity index (χ2v) is 2.83. The smallest absolute Gasteiger partial charge is 0.329 e. The van der Waals surface area contributed by atoms with Gasteiger partial charge in [0.15, 0.2) is 0 Å². The van der Waals surface area contributed by atoms with Gasteiger partial charge < -0.3 is 16.2 Å². The molecule has 0 spiro atoms. The van der Waals surface area contributed by atoms with Crippen molar-refractivity contribution in [3.05, 3.63) is 20.8 Å². The van der Waals surface area contributed by atoms with Gasteiger partial charge in [-0.15, -0.1) is 0 Å². The maximum Gasteiger partial charge on any atom is 0.329 e. The molecule has 0 aliphatic heterocycles. The highest BCUT2D eigenvalue weighted by Gasteiger charge is 2.09. The first kappa shape index (κ1) is 10.8. The summed E-state index contributed by atoms with van der Waals surface area (Å²) < 4.78 is 0.792. The molecule has 1 aromatic rings. The number of nitrogens with zero attached hydrogens (tertiary/aromatic N) is 1. The molecular formula is C7H10N4O4. The van der Waals surface area contributed by atoms with Crippen molar-refractivity contribution < 1.29 is 9.90 Å². The molecule has 0 bridgehead atoms. The van der Waals surface area contributed by atoms with Crippen molar-refractivity contribution in [1.29, 1.82) is 0 Å². The SMILES string of the molecule is Cn1c(=O)[nH]c(N)c(NCC(=O)O)c1=O. The van der Waals surface area contributed by atoms with Crippen molar-refractivity contribution in [3.8, 4) is 0 Å². The van der Waals surface area contributed by atoms with Crippen LogP contribution >= 0.6 is 0 Å². The molecule has 0 aliphatic carbocycles. The number of nitrogens with two attached hydrogens (primary N) is 1. The number of aromatic amines is 1. The number of aromatic nitrogens is 2. The normalized spacial score (nSPS) is 9.93. The Morgan fingerprint density at radius 1 is 1.60 bits per heavy atom. The fraction of sp³-hybridized carbons (Fsp3) is 0.286. The monoisotopic (exact) mass is 214 g/mol. The highest BCUT2D eigenvalue weighted by Crippen LogP contribution is 2.04. The third-order valence-corrected chi connectivity index (χ3v) is 1.75. The summed E-state index contributed by atoms with van der Waals surface area (Å²) >= 11 is 0. The summed E-state index contributed by atoms with van der Waals surface area (Å²) in [5.41, 5.74) is 3.90. The molecular weight excluding hydrogens is 204 g/mol. The van der Waals surface area contributed by atoms with Crippen LogP contribution in [0.15, 0.2) is 9.59 Å². The van der Waals surface area contributed by atoms with E-state index < -0.39 is 23.8 Å². The van der Waals surface area contributed by atoms with Gasteiger partial charge in [-0.2, -0.15) is 0 Å². The van der Waals surface area contributed by atoms with Crippen LogP contribution in [0.5, 0.6) is 0 Å². The van der Waals surface area contributed by atoms with E-state index in [0.717, 1.165) is 4.57 Å². The number of rotatable bonds is 3. The maximum atomic E-state index is 11.4. The van der Waals surface area contributed by atoms with Crippen molar-refractivity contribution in [2.24, 2.45) is 7.05 Å². The summed E-state index contributed by atoms with van der Waals surface area (Å²) in [4.78, 5) is 34.9. The summed E-state index contributed by atoms with van der Waals surface area (Å²) in [5, 5.41) is 10.7. The molecule has 0 saturated heterocycles. The minimum atomic E-state index is -1.14. The summed E-state index contributed by atoms with van der Waals surface area (Å²) in [5.74, 6) is -1.31. The number of nitrogens with one attached hydrogen (secondary N) is 2. The zero-order valence-electron chi connectivity index (χ0n) is 7.90. The zero-order valence-corrected chi connectivity index (χ0v) is 7.90. The van der Waals surface area contributed by atoms with Crippen LogP contribution in [-0.2, 0) is 11.8 Å². The molecule has 0 atom stereocenters. The predicted molar refractivity (Wildman–Crippen MR) is 52.8 cm³/mol. The third kappa shape index (κ3) is 2.16. The Bertz CT molecular complexity index is 501. The topological polar surface area (TPSA) is 130 Å². The minimum Gasteiger partial charge on any atom is -0.480 e. The molecule has 0 saturated carbocycles. The Balaban J connectivity index is 3.19. The summed E-state index contributed by atoms with van der Waals surface area (Å²) in [6.45, 7) is -0.453. The quantitative estimate of drug-likeness (QED) is 0.467. The molecule has 8 heteroatoms. The first-order chi connectivity index (χ1) is 6.93. The van der Waals surface area contributed by atoms with Crippen LogP contribution in [0.25, 0.3) is 0 Å². The summed E-state index contributed by atoms with van der Waals surface area (Å²) in [6, 6.07) is 0. The Hall–Kier alpha value is -2.25. The first-order valence-electron chi connectivity index (χ1n) is 3.98. The molecule has 0 unspecified atom stereocenters. The third-order valence-electron chi connectivity index (χ3n) is 1.75. The van der Waals surface area contributed by atoms with Crippen LogP contribution in [-0.4, -0.2) is 27.2 Å². The molecule has 1 rings (SSSR count). The number of carbonyl (C=O) groups is 1. The molecule has 1 heterocycles. The van der Waals surface area contributed by atoms with Gasteiger partial charge in [0.2, 0.25) is 0 Å². The van der Waals surface area contributed by atoms with E-state index in [-0.39, 0.29) is 11.5 Å². The lowest BCUT2D eigenvalue weighted by molar-refractivity contribution is -0.134. The van der Waals surface area contributed by atoms with E-state index in [1.165, 1.54) is 7.05 Å². The molecule has 8 nitrogen and oxygen atoms in total. The predicted octanol–water partition coefficient (Wildman–Crippen LogP) is -1.85. The van der Waals surface area contributed by atoms with E-state index in [1.807, 2.05) is 0 Å². The van der Waals surface area contributed by atoms with Gasteiger partial charge in [-0.3, -0.25) is 19.1 Å². The van der Waals surface area contributed by atoms with Crippen molar-refractivity contribution in [2.75, 3.05) is 17.6 Å². The molecule has 0 radical (unpaired) electrons. The first-order valence-corrected chi connectivity index (χ1v) is 3.98. The van der Waals surface area contributed by atoms with E-state index >= 15 is 0 Å². The molecule has 0 aromatic carbocycles. The van der Waals surface area contributed by atoms with E-state index in [1.54, 1.807) is 0 Å². The van der Waals surface area contributed by atoms with E-state index in [4.69, 9.17) is 10.8 Å². The Morgan fingerprint density at radius 3 is 2.73 bits per heavy atom. The number of hydrogen-bond donors (Lipinski definition) is 4. The zero-order chi connectivity index (χ0) is 11.6. The fourth-order valence-corrected chi connectivity index (χ4v) is 0.972. The van der Waals surface area contributed by atoms with Crippen LogP contribution in [0, 0.1) is 0 Å². The second-order valence-electron chi connectivity index (χ2n) is 2.83. The van der Waals surface area contributed by atoms with Gasteiger partial charge in [0.05, 0.1) is 0 Å². The Morgan fingerprint density at radius 2 is 2.20 bits per heavy atom. The number of anilines is 2. The van der Waals surface area contributed by atoms with Crippen molar-refractivity contribution in [1.82, 2.24) is 9.55 Å². The van der Waals surface area contributed by atoms with Gasteiger partial charge in [-0.25, -0.2) is 4.79 Å². The summed E-state index contributed by atoms with van der Waals surface area (Å²) in [6.07, 6.45) is 0. The van der Waals surface area contributed by atoms with Gasteiger partial charge in [0, 0.05) is 7.05 Å². The fourth-order valence-electron chi connectivity index (χ4n) is 0.972. The van der Waals surface area contributed by atoms with Crippen LogP contribution in [0.1, 0.15) is 0 Å². The standard InChI is InChI=1S/C7H10N4O4/c1-11-6(14)4(9-2-3(12)13)5(8)10-7(11)15/h9H,2,8H2,1H3,(H,10,15)(H,12,13). The van der Waals surface area contributed by atoms with Gasteiger partial charge in [-0.05, 0) is 0 Å². The molecule has 0 fully saturated rings. The average molecular weight is 214 g/mol. The number of nitrogen functional groups attached to an aromatic ring is 1. The van der Waals surface area contributed by atoms with E-state index in [0.29, 0.717) is 0 Å². The van der Waals surface area contributed by atoms with Gasteiger partial charge in [0.25, 0.3) is 5.56 Å². The number of carboxylic acids is 1. The Kier molecular flexibility index (Phi) is 2.79. The van der Waals surface area contributed by atoms with E-state index in [2.05, 4.69) is 10.3 Å². The number of hydrogen-bond acceptors (Lipinski definition) is 5. The number of aliphatic carboxylic acids is 1. The van der Waals surface area contributed by atoms with Crippen LogP contribution in [0.4, 0.5) is 11.5 Å². The molecule has 15 heavy (non-hydrogen) atoms. The average Bonchev–Trinajstić information content (AvgIpc) is 2.14. The second kappa shape index (κ2) is 3.86. The lowest BCUT2D eigenvalue weighted by Crippen LogP contribution is -2.36. The number of carboxylic acid groups (broad SMARTS) is 1. The Labute approximate surface area is 83.3 Å². The lowest BCUT2D eigenvalue weighted by atomic mass is 10.4. The minimum absolute atomic E-state index is 0.125. The maximum absolute atomic E-state index is 11.4. The lowest BCUT2D eigenvalue weighted by Gasteiger charge is -2.06. The molecule has 0 amide bonds. The molecule has 0 aliphatic rings. The van der Waals surface area contributed by atoms with Gasteiger partial charge in [-0.1, -0.05) is 0 Å². The van der Waals surface area contributed by atoms with Gasteiger partial charge in [0.1, 0.15) is 18.1 Å².